The van der Waals surface area contributed by atoms with E-state index in [-0.39, 0.29) is 19.0 Å². The van der Waals surface area contributed by atoms with E-state index in [1.165, 1.54) is 0 Å². The normalized spacial score (nSPS) is 25.9. The Kier molecular flexibility index (Phi) is 4.38. The highest BCUT2D eigenvalue weighted by Crippen LogP contribution is 2.38. The van der Waals surface area contributed by atoms with Crippen LogP contribution in [0.25, 0.3) is 11.3 Å². The lowest BCUT2D eigenvalue weighted by Crippen LogP contribution is -2.54. The third kappa shape index (κ3) is 3.19. The lowest BCUT2D eigenvalue weighted by molar-refractivity contribution is -0.178. The van der Waals surface area contributed by atoms with E-state index in [1.807, 2.05) is 30.5 Å². The van der Waals surface area contributed by atoms with Gasteiger partial charge in [0.25, 0.3) is 0 Å². The average molecular weight is 384 g/mol. The number of piperidine rings is 1. The van der Waals surface area contributed by atoms with E-state index in [2.05, 4.69) is 16.0 Å². The Labute approximate surface area is 163 Å². The molecule has 0 amide bonds. The van der Waals surface area contributed by atoms with Crippen molar-refractivity contribution in [2.75, 3.05) is 31.4 Å². The smallest absolute Gasteiger partial charge is 0.231 e. The van der Waals surface area contributed by atoms with Crippen LogP contribution in [0.3, 0.4) is 0 Å². The number of benzene rings is 1. The summed E-state index contributed by atoms with van der Waals surface area (Å²) in [5, 5.41) is 19.7. The van der Waals surface area contributed by atoms with Crippen LogP contribution < -0.4 is 14.4 Å². The third-order valence-electron chi connectivity index (χ3n) is 6.04. The van der Waals surface area contributed by atoms with Crippen LogP contribution in [-0.2, 0) is 4.74 Å². The maximum atomic E-state index is 10.0. The minimum absolute atomic E-state index is 0.213. The zero-order valence-corrected chi connectivity index (χ0v) is 15.6. The summed E-state index contributed by atoms with van der Waals surface area (Å²) in [7, 11) is 0. The largest absolute Gasteiger partial charge is 0.454 e. The summed E-state index contributed by atoms with van der Waals surface area (Å²) >= 11 is 0. The number of aliphatic hydroxyl groups excluding tert-OH is 2. The van der Waals surface area contributed by atoms with Gasteiger partial charge < -0.3 is 29.3 Å². The van der Waals surface area contributed by atoms with Crippen molar-refractivity contribution in [3.63, 3.8) is 0 Å². The Morgan fingerprint density at radius 1 is 1.00 bits per heavy atom. The lowest BCUT2D eigenvalue weighted by Gasteiger charge is -2.47. The van der Waals surface area contributed by atoms with Crippen LogP contribution >= 0.6 is 0 Å². The molecule has 0 aliphatic carbocycles. The number of fused-ring (bicyclic) bond motifs is 1. The third-order valence-corrected chi connectivity index (χ3v) is 6.04. The fourth-order valence-electron chi connectivity index (χ4n) is 4.30. The number of pyridine rings is 1. The van der Waals surface area contributed by atoms with Crippen molar-refractivity contribution in [3.8, 4) is 22.8 Å². The molecule has 0 unspecified atom stereocenters. The van der Waals surface area contributed by atoms with Crippen molar-refractivity contribution in [1.29, 1.82) is 0 Å². The molecule has 2 fully saturated rings. The van der Waals surface area contributed by atoms with Crippen LogP contribution in [0, 0.1) is 0 Å². The molecule has 3 aliphatic rings. The summed E-state index contributed by atoms with van der Waals surface area (Å²) in [5.41, 5.74) is 2.69. The van der Waals surface area contributed by atoms with E-state index in [9.17, 15) is 10.2 Å². The highest BCUT2D eigenvalue weighted by atomic mass is 16.7. The van der Waals surface area contributed by atoms with Gasteiger partial charge >= 0.3 is 0 Å². The summed E-state index contributed by atoms with van der Waals surface area (Å²) in [5.74, 6) is 1.51. The van der Waals surface area contributed by atoms with Gasteiger partial charge in [-0.1, -0.05) is 0 Å². The van der Waals surface area contributed by atoms with E-state index >= 15 is 0 Å². The number of hydrogen-bond acceptors (Lipinski definition) is 7. The van der Waals surface area contributed by atoms with Crippen molar-refractivity contribution in [1.82, 2.24) is 4.98 Å². The van der Waals surface area contributed by atoms with Crippen molar-refractivity contribution >= 4 is 5.69 Å². The van der Waals surface area contributed by atoms with E-state index in [0.717, 1.165) is 54.4 Å². The molecule has 0 bridgehead atoms. The Balaban J connectivity index is 1.31. The van der Waals surface area contributed by atoms with Gasteiger partial charge in [0.05, 0.1) is 24.0 Å². The summed E-state index contributed by atoms with van der Waals surface area (Å²) < 4.78 is 16.8. The Morgan fingerprint density at radius 2 is 1.82 bits per heavy atom. The number of aromatic nitrogens is 1. The summed E-state index contributed by atoms with van der Waals surface area (Å²) in [4.78, 5) is 6.85. The Morgan fingerprint density at radius 3 is 2.64 bits per heavy atom. The highest BCUT2D eigenvalue weighted by molar-refractivity contribution is 5.68. The first kappa shape index (κ1) is 17.7. The first-order valence-electron chi connectivity index (χ1n) is 9.73. The molecule has 5 rings (SSSR count). The number of aliphatic hydroxyl groups is 2. The monoisotopic (exact) mass is 384 g/mol. The van der Waals surface area contributed by atoms with Crippen LogP contribution in [0.4, 0.5) is 5.69 Å². The highest BCUT2D eigenvalue weighted by Gasteiger charge is 2.43. The molecule has 2 atom stereocenters. The standard InChI is InChI=1S/C21H24N2O5/c24-17-11-21(28-12-18(17)25)4-7-23(8-5-21)15-3-6-22-16(10-15)14-1-2-19-20(9-14)27-13-26-19/h1-3,6,9-10,17-18,24-25H,4-5,7-8,11-13H2/t17-,18+/m1/s1. The molecule has 2 saturated heterocycles. The van der Waals surface area contributed by atoms with Crippen LogP contribution in [0.5, 0.6) is 11.5 Å². The molecule has 2 aromatic rings. The SMILES string of the molecule is O[C@@H]1CC2(CCN(c3ccnc(-c4ccc5c(c4)OCO5)c3)CC2)OC[C@@H]1O. The van der Waals surface area contributed by atoms with Crippen LogP contribution in [0.15, 0.2) is 36.5 Å². The number of ether oxygens (including phenoxy) is 3. The number of rotatable bonds is 2. The van der Waals surface area contributed by atoms with Crippen LogP contribution in [-0.4, -0.2) is 59.5 Å². The first-order chi connectivity index (χ1) is 13.6. The van der Waals surface area contributed by atoms with E-state index < -0.39 is 12.2 Å². The Bertz CT molecular complexity index is 866. The maximum Gasteiger partial charge on any atom is 0.231 e. The van der Waals surface area contributed by atoms with E-state index in [4.69, 9.17) is 14.2 Å². The lowest BCUT2D eigenvalue weighted by atomic mass is 9.82. The summed E-state index contributed by atoms with van der Waals surface area (Å²) in [6.45, 7) is 2.15. The first-order valence-corrected chi connectivity index (χ1v) is 9.73. The molecule has 28 heavy (non-hydrogen) atoms. The molecule has 0 saturated carbocycles. The molecular formula is C21H24N2O5. The van der Waals surface area contributed by atoms with Gasteiger partial charge in [-0.05, 0) is 43.2 Å². The second-order valence-electron chi connectivity index (χ2n) is 7.79. The van der Waals surface area contributed by atoms with E-state index in [0.29, 0.717) is 6.42 Å². The minimum Gasteiger partial charge on any atom is -0.454 e. The molecule has 1 spiro atoms. The maximum absolute atomic E-state index is 10.0. The molecule has 7 heteroatoms. The number of nitrogens with zero attached hydrogens (tertiary/aromatic N) is 2. The van der Waals surface area contributed by atoms with Gasteiger partial charge in [-0.3, -0.25) is 4.98 Å². The van der Waals surface area contributed by atoms with Crippen molar-refractivity contribution in [2.45, 2.75) is 37.1 Å². The second kappa shape index (κ2) is 6.92. The van der Waals surface area contributed by atoms with Crippen LogP contribution in [0.2, 0.25) is 0 Å². The summed E-state index contributed by atoms with van der Waals surface area (Å²) in [6.07, 6.45) is 2.53. The average Bonchev–Trinajstić information content (AvgIpc) is 3.20. The topological polar surface area (TPSA) is 84.3 Å². The summed E-state index contributed by atoms with van der Waals surface area (Å²) in [6, 6.07) is 9.98. The molecule has 1 aromatic carbocycles. The zero-order chi connectivity index (χ0) is 19.1. The van der Waals surface area contributed by atoms with Gasteiger partial charge in [0, 0.05) is 37.0 Å². The van der Waals surface area contributed by atoms with Gasteiger partial charge in [-0.25, -0.2) is 0 Å². The Hall–Kier alpha value is -2.35. The van der Waals surface area contributed by atoms with Gasteiger partial charge in [-0.15, -0.1) is 0 Å². The van der Waals surface area contributed by atoms with Gasteiger partial charge in [-0.2, -0.15) is 0 Å². The van der Waals surface area contributed by atoms with E-state index in [1.54, 1.807) is 0 Å². The second-order valence-corrected chi connectivity index (χ2v) is 7.79. The van der Waals surface area contributed by atoms with Gasteiger partial charge in [0.1, 0.15) is 6.10 Å². The molecule has 148 valence electrons. The predicted octanol–water partition coefficient (Wildman–Crippen LogP) is 1.96. The molecule has 0 radical (unpaired) electrons. The molecule has 7 nitrogen and oxygen atoms in total. The zero-order valence-electron chi connectivity index (χ0n) is 15.6. The molecular weight excluding hydrogens is 360 g/mol. The van der Waals surface area contributed by atoms with Gasteiger partial charge in [0.15, 0.2) is 11.5 Å². The van der Waals surface area contributed by atoms with Crippen molar-refractivity contribution in [3.05, 3.63) is 36.5 Å². The predicted molar refractivity (Wildman–Crippen MR) is 103 cm³/mol. The van der Waals surface area contributed by atoms with Gasteiger partial charge in [0.2, 0.25) is 6.79 Å². The minimum atomic E-state index is -0.770. The molecule has 3 aliphatic heterocycles. The molecule has 4 heterocycles. The fourth-order valence-corrected chi connectivity index (χ4v) is 4.30. The fraction of sp³-hybridized carbons (Fsp3) is 0.476. The number of hydrogen-bond donors (Lipinski definition) is 2. The van der Waals surface area contributed by atoms with Crippen molar-refractivity contribution in [2.24, 2.45) is 0 Å². The molecule has 1 aromatic heterocycles. The van der Waals surface area contributed by atoms with Crippen molar-refractivity contribution < 1.29 is 24.4 Å². The molecule has 2 N–H and O–H groups in total. The quantitative estimate of drug-likeness (QED) is 0.819. The number of anilines is 1. The van der Waals surface area contributed by atoms with Crippen LogP contribution in [0.1, 0.15) is 19.3 Å².